The van der Waals surface area contributed by atoms with Crippen LogP contribution < -0.4 is 5.73 Å². The molecular formula is C12H23N3O2S. The lowest BCUT2D eigenvalue weighted by Crippen LogP contribution is -2.40. The topological polar surface area (TPSA) is 69.8 Å². The molecule has 1 saturated heterocycles. The molecule has 0 spiro atoms. The maximum Gasteiger partial charge on any atom is 0.223 e. The maximum absolute atomic E-state index is 11.8. The lowest BCUT2D eigenvalue weighted by molar-refractivity contribution is -0.130. The molecule has 18 heavy (non-hydrogen) atoms. The van der Waals surface area contributed by atoms with Gasteiger partial charge in [-0.2, -0.15) is 0 Å². The molecule has 1 fully saturated rings. The highest BCUT2D eigenvalue weighted by atomic mass is 32.1. The van der Waals surface area contributed by atoms with Crippen molar-refractivity contribution in [3.8, 4) is 0 Å². The van der Waals surface area contributed by atoms with Gasteiger partial charge in [0.2, 0.25) is 5.91 Å². The third kappa shape index (κ3) is 5.75. The Morgan fingerprint density at radius 1 is 1.56 bits per heavy atom. The summed E-state index contributed by atoms with van der Waals surface area (Å²) in [6, 6.07) is 0. The molecule has 1 unspecified atom stereocenters. The number of aliphatic hydroxyl groups is 1. The first-order valence-corrected chi connectivity index (χ1v) is 6.82. The van der Waals surface area contributed by atoms with Gasteiger partial charge in [0.15, 0.2) is 0 Å². The van der Waals surface area contributed by atoms with Gasteiger partial charge in [0.1, 0.15) is 0 Å². The van der Waals surface area contributed by atoms with Crippen molar-refractivity contribution in [2.24, 2.45) is 5.73 Å². The SMILES string of the molecule is CN(CCC(N)=S)C(=O)CCN1CCCC(O)C1. The van der Waals surface area contributed by atoms with Gasteiger partial charge in [-0.25, -0.2) is 0 Å². The molecule has 0 aromatic carbocycles. The Morgan fingerprint density at radius 3 is 2.89 bits per heavy atom. The van der Waals surface area contributed by atoms with Gasteiger partial charge in [-0.15, -0.1) is 0 Å². The third-order valence-corrected chi connectivity index (χ3v) is 3.45. The first-order chi connectivity index (χ1) is 8.49. The largest absolute Gasteiger partial charge is 0.393 e. The van der Waals surface area contributed by atoms with Gasteiger partial charge in [-0.3, -0.25) is 4.79 Å². The van der Waals surface area contributed by atoms with Crippen LogP contribution in [0.2, 0.25) is 0 Å². The van der Waals surface area contributed by atoms with Gasteiger partial charge in [-0.05, 0) is 19.4 Å². The second kappa shape index (κ2) is 7.66. The van der Waals surface area contributed by atoms with Crippen LogP contribution in [0.5, 0.6) is 0 Å². The van der Waals surface area contributed by atoms with Crippen LogP contribution in [0.3, 0.4) is 0 Å². The molecule has 1 atom stereocenters. The van der Waals surface area contributed by atoms with Crippen LogP contribution in [0.15, 0.2) is 0 Å². The van der Waals surface area contributed by atoms with Crippen LogP contribution in [0.25, 0.3) is 0 Å². The number of aliphatic hydroxyl groups excluding tert-OH is 1. The van der Waals surface area contributed by atoms with Gasteiger partial charge in [0.25, 0.3) is 0 Å². The number of carbonyl (C=O) groups is 1. The molecule has 1 aliphatic rings. The summed E-state index contributed by atoms with van der Waals surface area (Å²) >= 11 is 4.78. The average molecular weight is 273 g/mol. The Labute approximate surface area is 114 Å². The van der Waals surface area contributed by atoms with Gasteiger partial charge < -0.3 is 20.6 Å². The molecule has 5 nitrogen and oxygen atoms in total. The summed E-state index contributed by atoms with van der Waals surface area (Å²) < 4.78 is 0. The minimum absolute atomic E-state index is 0.103. The molecule has 0 aromatic heterocycles. The number of piperidine rings is 1. The number of likely N-dealkylation sites (tertiary alicyclic amines) is 1. The van der Waals surface area contributed by atoms with Crippen LogP contribution in [0.4, 0.5) is 0 Å². The Kier molecular flexibility index (Phi) is 6.52. The fraction of sp³-hybridized carbons (Fsp3) is 0.833. The van der Waals surface area contributed by atoms with Crippen LogP contribution >= 0.6 is 12.2 Å². The molecule has 1 aliphatic heterocycles. The molecule has 0 bridgehead atoms. The number of nitrogens with two attached hydrogens (primary N) is 1. The highest BCUT2D eigenvalue weighted by molar-refractivity contribution is 7.80. The maximum atomic E-state index is 11.8. The molecule has 1 rings (SSSR count). The highest BCUT2D eigenvalue weighted by Crippen LogP contribution is 2.10. The third-order valence-electron chi connectivity index (χ3n) is 3.24. The van der Waals surface area contributed by atoms with Crippen molar-refractivity contribution in [1.29, 1.82) is 0 Å². The van der Waals surface area contributed by atoms with Crippen molar-refractivity contribution in [2.75, 3.05) is 33.2 Å². The van der Waals surface area contributed by atoms with E-state index in [0.29, 0.717) is 37.5 Å². The van der Waals surface area contributed by atoms with E-state index in [4.69, 9.17) is 18.0 Å². The fourth-order valence-electron chi connectivity index (χ4n) is 2.08. The normalized spacial score (nSPS) is 20.7. The molecule has 0 saturated carbocycles. The molecule has 0 aliphatic carbocycles. The van der Waals surface area contributed by atoms with Crippen molar-refractivity contribution in [3.63, 3.8) is 0 Å². The zero-order valence-corrected chi connectivity index (χ0v) is 11.8. The van der Waals surface area contributed by atoms with Crippen LogP contribution in [-0.4, -0.2) is 65.1 Å². The second-order valence-electron chi connectivity index (χ2n) is 4.88. The molecule has 0 aromatic rings. The molecule has 3 N–H and O–H groups in total. The number of nitrogens with zero attached hydrogens (tertiary/aromatic N) is 2. The summed E-state index contributed by atoms with van der Waals surface area (Å²) in [5, 5.41) is 9.53. The minimum atomic E-state index is -0.235. The van der Waals surface area contributed by atoms with Crippen LogP contribution in [0.1, 0.15) is 25.7 Å². The first kappa shape index (κ1) is 15.3. The molecule has 1 heterocycles. The number of rotatable bonds is 6. The van der Waals surface area contributed by atoms with Crippen molar-refractivity contribution >= 4 is 23.1 Å². The highest BCUT2D eigenvalue weighted by Gasteiger charge is 2.18. The van der Waals surface area contributed by atoms with E-state index in [1.54, 1.807) is 11.9 Å². The predicted octanol–water partition coefficient (Wildman–Crippen LogP) is -0.0322. The van der Waals surface area contributed by atoms with E-state index >= 15 is 0 Å². The van der Waals surface area contributed by atoms with E-state index in [1.807, 2.05) is 0 Å². The molecular weight excluding hydrogens is 250 g/mol. The summed E-state index contributed by atoms with van der Waals surface area (Å²) in [5.41, 5.74) is 5.40. The van der Waals surface area contributed by atoms with E-state index in [0.717, 1.165) is 19.4 Å². The fourth-order valence-corrected chi connectivity index (χ4v) is 2.17. The van der Waals surface area contributed by atoms with Crippen molar-refractivity contribution in [3.05, 3.63) is 0 Å². The smallest absolute Gasteiger partial charge is 0.223 e. The summed E-state index contributed by atoms with van der Waals surface area (Å²) in [4.78, 5) is 16.1. The summed E-state index contributed by atoms with van der Waals surface area (Å²) in [6.07, 6.45) is 2.70. The Morgan fingerprint density at radius 2 is 2.28 bits per heavy atom. The van der Waals surface area contributed by atoms with E-state index in [1.165, 1.54) is 0 Å². The molecule has 6 heteroatoms. The van der Waals surface area contributed by atoms with Gasteiger partial charge in [-0.1, -0.05) is 12.2 Å². The lowest BCUT2D eigenvalue weighted by atomic mass is 10.1. The first-order valence-electron chi connectivity index (χ1n) is 6.41. The van der Waals surface area contributed by atoms with E-state index in [2.05, 4.69) is 4.90 Å². The van der Waals surface area contributed by atoms with Crippen LogP contribution in [-0.2, 0) is 4.79 Å². The number of amides is 1. The lowest BCUT2D eigenvalue weighted by Gasteiger charge is -2.30. The average Bonchev–Trinajstić information content (AvgIpc) is 2.33. The molecule has 104 valence electrons. The second-order valence-corrected chi connectivity index (χ2v) is 5.40. The Balaban J connectivity index is 2.21. The Bertz CT molecular complexity index is 299. The van der Waals surface area contributed by atoms with Crippen molar-refractivity contribution < 1.29 is 9.90 Å². The molecule has 0 radical (unpaired) electrons. The number of hydrogen-bond acceptors (Lipinski definition) is 4. The van der Waals surface area contributed by atoms with E-state index < -0.39 is 0 Å². The van der Waals surface area contributed by atoms with Gasteiger partial charge >= 0.3 is 0 Å². The van der Waals surface area contributed by atoms with Crippen molar-refractivity contribution in [1.82, 2.24) is 9.80 Å². The Hall–Kier alpha value is -0.720. The van der Waals surface area contributed by atoms with Gasteiger partial charge in [0.05, 0.1) is 11.1 Å². The summed E-state index contributed by atoms with van der Waals surface area (Å²) in [6.45, 7) is 2.95. The minimum Gasteiger partial charge on any atom is -0.393 e. The number of thiocarbonyl (C=S) groups is 1. The number of hydrogen-bond donors (Lipinski definition) is 2. The zero-order chi connectivity index (χ0) is 13.5. The summed E-state index contributed by atoms with van der Waals surface area (Å²) in [5.74, 6) is 0.103. The number of carbonyl (C=O) groups excluding carboxylic acids is 1. The predicted molar refractivity (Wildman–Crippen MR) is 75.3 cm³/mol. The zero-order valence-electron chi connectivity index (χ0n) is 11.0. The number of β-amino-alcohol motifs (C(OH)–C–C–N with tert-alkyl or cyclic N) is 1. The van der Waals surface area contributed by atoms with Gasteiger partial charge in [0, 0.05) is 39.5 Å². The quantitative estimate of drug-likeness (QED) is 0.665. The van der Waals surface area contributed by atoms with Crippen LogP contribution in [0, 0.1) is 0 Å². The van der Waals surface area contributed by atoms with E-state index in [9.17, 15) is 9.90 Å². The standard InChI is InChI=1S/C12H23N3O2S/c1-14(7-4-11(13)18)12(17)5-8-15-6-2-3-10(16)9-15/h10,16H,2-9H2,1H3,(H2,13,18). The van der Waals surface area contributed by atoms with Crippen molar-refractivity contribution in [2.45, 2.75) is 31.8 Å². The monoisotopic (exact) mass is 273 g/mol. The molecule has 1 amide bonds. The summed E-state index contributed by atoms with van der Waals surface area (Å²) in [7, 11) is 1.77. The van der Waals surface area contributed by atoms with E-state index in [-0.39, 0.29) is 12.0 Å².